The molecule has 1 amide bonds. The van der Waals surface area contributed by atoms with Crippen LogP contribution in [-0.2, 0) is 0 Å². The molecule has 33 heavy (non-hydrogen) atoms. The molecule has 4 bridgehead atoms. The molecule has 0 spiro atoms. The highest BCUT2D eigenvalue weighted by Crippen LogP contribution is 2.41. The van der Waals surface area contributed by atoms with Crippen LogP contribution in [0, 0.1) is 11.3 Å². The monoisotopic (exact) mass is 465 g/mol. The van der Waals surface area contributed by atoms with Crippen molar-refractivity contribution in [1.82, 2.24) is 14.7 Å². The molecule has 4 N–H and O–H groups in total. The molecule has 0 saturated carbocycles. The number of aromatic nitrogens is 2. The highest BCUT2D eigenvalue weighted by molar-refractivity contribution is 7.97. The van der Waals surface area contributed by atoms with Crippen LogP contribution in [0.5, 0.6) is 0 Å². The van der Waals surface area contributed by atoms with Gasteiger partial charge in [0.2, 0.25) is 0 Å². The molecule has 1 saturated heterocycles. The number of anilines is 3. The van der Waals surface area contributed by atoms with Crippen molar-refractivity contribution in [2.24, 2.45) is 5.92 Å². The summed E-state index contributed by atoms with van der Waals surface area (Å²) in [5.74, 6) is 1.41. The van der Waals surface area contributed by atoms with E-state index in [0.717, 1.165) is 50.2 Å². The Morgan fingerprint density at radius 3 is 3.06 bits per heavy atom. The van der Waals surface area contributed by atoms with E-state index in [1.54, 1.807) is 24.5 Å². The maximum Gasteiger partial charge on any atom is 0.265 e. The van der Waals surface area contributed by atoms with Gasteiger partial charge in [-0.1, -0.05) is 13.5 Å². The smallest absolute Gasteiger partial charge is 0.265 e. The first-order valence-corrected chi connectivity index (χ1v) is 12.2. The van der Waals surface area contributed by atoms with Crippen LogP contribution in [0.2, 0.25) is 0 Å². The van der Waals surface area contributed by atoms with Gasteiger partial charge >= 0.3 is 0 Å². The van der Waals surface area contributed by atoms with Gasteiger partial charge in [0.25, 0.3) is 5.91 Å². The number of carbonyl (C=O) groups is 1. The minimum Gasteiger partial charge on any atom is -0.385 e. The molecule has 2 unspecified atom stereocenters. The third-order valence-corrected chi connectivity index (χ3v) is 7.04. The van der Waals surface area contributed by atoms with Gasteiger partial charge in [-0.25, -0.2) is 9.97 Å². The van der Waals surface area contributed by atoms with Crippen LogP contribution < -0.4 is 20.3 Å². The molecule has 2 aliphatic heterocycles. The van der Waals surface area contributed by atoms with Gasteiger partial charge in [0.15, 0.2) is 0 Å². The largest absolute Gasteiger partial charge is 0.385 e. The summed E-state index contributed by atoms with van der Waals surface area (Å²) < 4.78 is 2.92. The highest BCUT2D eigenvalue weighted by Gasteiger charge is 2.44. The Kier molecular flexibility index (Phi) is 6.88. The van der Waals surface area contributed by atoms with E-state index in [1.807, 2.05) is 19.1 Å². The lowest BCUT2D eigenvalue weighted by molar-refractivity contribution is 0.0984. The first kappa shape index (κ1) is 23.1. The second-order valence-electron chi connectivity index (χ2n) is 8.74. The van der Waals surface area contributed by atoms with Gasteiger partial charge < -0.3 is 20.9 Å². The second kappa shape index (κ2) is 9.82. The van der Waals surface area contributed by atoms with Crippen molar-refractivity contribution in [3.05, 3.63) is 48.3 Å². The predicted octanol–water partition coefficient (Wildman–Crippen LogP) is 4.69. The summed E-state index contributed by atoms with van der Waals surface area (Å²) >= 11 is 1.19. The first-order valence-electron chi connectivity index (χ1n) is 11.3. The van der Waals surface area contributed by atoms with Crippen molar-refractivity contribution in [3.63, 3.8) is 0 Å². The fourth-order valence-corrected chi connectivity index (χ4v) is 5.26. The number of hydrogen-bond acceptors (Lipinski definition) is 8. The average Bonchev–Trinajstić information content (AvgIpc) is 3.18. The van der Waals surface area contributed by atoms with Gasteiger partial charge in [-0.3, -0.25) is 9.52 Å². The third kappa shape index (κ3) is 4.98. The normalized spacial score (nSPS) is 22.8. The number of hydrogen-bond donors (Lipinski definition) is 4. The number of carbonyl (C=O) groups excluding carboxylic acids is 1. The maximum atomic E-state index is 13.3. The molecule has 0 aliphatic carbocycles. The molecule has 2 atom stereocenters. The summed E-state index contributed by atoms with van der Waals surface area (Å²) in [6, 6.07) is 7.47. The van der Waals surface area contributed by atoms with Crippen molar-refractivity contribution < 1.29 is 4.79 Å². The molecule has 0 aromatic carbocycles. The van der Waals surface area contributed by atoms with Gasteiger partial charge in [0, 0.05) is 48.8 Å². The highest BCUT2D eigenvalue weighted by atomic mass is 32.2. The number of amides is 1. The zero-order valence-electron chi connectivity index (χ0n) is 19.1. The Labute approximate surface area is 199 Å². The van der Waals surface area contributed by atoms with Crippen molar-refractivity contribution in [2.75, 3.05) is 28.6 Å². The molecule has 1 fully saturated rings. The van der Waals surface area contributed by atoms with E-state index in [1.165, 1.54) is 11.9 Å². The Bertz CT molecular complexity index is 1060. The molecular formula is C24H31N7OS. The number of nitrogens with one attached hydrogen (secondary N) is 4. The number of rotatable bonds is 4. The summed E-state index contributed by atoms with van der Waals surface area (Å²) in [4.78, 5) is 24.7. The van der Waals surface area contributed by atoms with Crippen LogP contribution in [0.1, 0.15) is 49.9 Å². The standard InChI is InChI=1S/C24H31N7OS/c1-4-24(15-25)13-17-6-5-10-26-18-9-11-27-21(12-18)33-30-23(32)19-7-8-20(28-16(2)3)29-22(19)31(24)14-17/h7-9,11-12,15,17,25-26H,2,4-6,10,13-14H2,1,3H3,(H,28,29)(H,30,32). The van der Waals surface area contributed by atoms with Crippen LogP contribution in [0.15, 0.2) is 47.8 Å². The third-order valence-electron chi connectivity index (χ3n) is 6.32. The Morgan fingerprint density at radius 2 is 2.30 bits per heavy atom. The first-order chi connectivity index (χ1) is 15.9. The lowest BCUT2D eigenvalue weighted by atomic mass is 9.88. The summed E-state index contributed by atoms with van der Waals surface area (Å²) in [7, 11) is 0. The number of fused-ring (bicyclic) bond motifs is 6. The van der Waals surface area contributed by atoms with Gasteiger partial charge in [0.1, 0.15) is 16.7 Å². The summed E-state index contributed by atoms with van der Waals surface area (Å²) in [6.07, 6.45) is 7.00. The van der Waals surface area contributed by atoms with Crippen LogP contribution >= 0.6 is 11.9 Å². The van der Waals surface area contributed by atoms with E-state index in [-0.39, 0.29) is 5.91 Å². The Balaban J connectivity index is 1.77. The quantitative estimate of drug-likeness (QED) is 0.383. The fourth-order valence-electron chi connectivity index (χ4n) is 4.65. The topological polar surface area (TPSA) is 106 Å². The number of pyridine rings is 2. The number of nitrogens with zero attached hydrogens (tertiary/aromatic N) is 3. The molecule has 4 rings (SSSR count). The maximum absolute atomic E-state index is 13.3. The zero-order valence-corrected chi connectivity index (χ0v) is 20.0. The molecule has 2 aromatic rings. The van der Waals surface area contributed by atoms with Crippen LogP contribution in [0.4, 0.5) is 17.3 Å². The second-order valence-corrected chi connectivity index (χ2v) is 9.57. The fraction of sp³-hybridized carbons (Fsp3) is 0.417. The van der Waals surface area contributed by atoms with E-state index >= 15 is 0 Å². The average molecular weight is 466 g/mol. The van der Waals surface area contributed by atoms with Gasteiger partial charge in [0.05, 0.1) is 11.1 Å². The van der Waals surface area contributed by atoms with Gasteiger partial charge in [-0.05, 0) is 62.8 Å². The van der Waals surface area contributed by atoms with Crippen molar-refractivity contribution in [2.45, 2.75) is 50.1 Å². The minimum absolute atomic E-state index is 0.238. The summed E-state index contributed by atoms with van der Waals surface area (Å²) in [5.41, 5.74) is 1.79. The zero-order chi connectivity index (χ0) is 23.4. The van der Waals surface area contributed by atoms with Gasteiger partial charge in [-0.15, -0.1) is 0 Å². The Hall–Kier alpha value is -3.07. The van der Waals surface area contributed by atoms with Crippen molar-refractivity contribution in [1.29, 1.82) is 5.41 Å². The molecule has 9 heteroatoms. The molecule has 8 nitrogen and oxygen atoms in total. The molecular weight excluding hydrogens is 434 g/mol. The van der Waals surface area contributed by atoms with Crippen LogP contribution in [-0.4, -0.2) is 40.7 Å². The SMILES string of the molecule is C=C(C)Nc1ccc2c(n1)N1CC(CCCNc3ccnc(c3)SNC2=O)CC1(C=N)CC. The molecule has 2 aromatic heterocycles. The lowest BCUT2D eigenvalue weighted by Crippen LogP contribution is -2.46. The Morgan fingerprint density at radius 1 is 1.45 bits per heavy atom. The molecule has 174 valence electrons. The van der Waals surface area contributed by atoms with E-state index < -0.39 is 5.54 Å². The van der Waals surface area contributed by atoms with E-state index in [9.17, 15) is 4.79 Å². The lowest BCUT2D eigenvalue weighted by Gasteiger charge is -2.36. The van der Waals surface area contributed by atoms with Crippen LogP contribution in [0.3, 0.4) is 0 Å². The number of allylic oxidation sites excluding steroid dienone is 1. The summed E-state index contributed by atoms with van der Waals surface area (Å²) in [6.45, 7) is 9.51. The van der Waals surface area contributed by atoms with Crippen molar-refractivity contribution in [3.8, 4) is 0 Å². The van der Waals surface area contributed by atoms with E-state index in [0.29, 0.717) is 28.1 Å². The van der Waals surface area contributed by atoms with Gasteiger partial charge in [-0.2, -0.15) is 0 Å². The minimum atomic E-state index is -0.460. The predicted molar refractivity (Wildman–Crippen MR) is 135 cm³/mol. The van der Waals surface area contributed by atoms with Crippen LogP contribution in [0.25, 0.3) is 0 Å². The molecule has 0 radical (unpaired) electrons. The molecule has 2 aliphatic rings. The molecule has 4 heterocycles. The summed E-state index contributed by atoms with van der Waals surface area (Å²) in [5, 5.41) is 15.6. The van der Waals surface area contributed by atoms with E-state index in [4.69, 9.17) is 10.4 Å². The van der Waals surface area contributed by atoms with Crippen molar-refractivity contribution >= 4 is 41.4 Å². The van der Waals surface area contributed by atoms with E-state index in [2.05, 4.69) is 38.7 Å².